The zero-order valence-corrected chi connectivity index (χ0v) is 18.8. The highest BCUT2D eigenvalue weighted by Gasteiger charge is 2.18. The van der Waals surface area contributed by atoms with Gasteiger partial charge < -0.3 is 14.5 Å². The molecule has 7 nitrogen and oxygen atoms in total. The number of halogens is 3. The molecule has 0 aliphatic rings. The maximum atomic E-state index is 12.5. The molecule has 1 amide bonds. The van der Waals surface area contributed by atoms with Crippen molar-refractivity contribution in [1.82, 2.24) is 0 Å². The van der Waals surface area contributed by atoms with E-state index in [2.05, 4.69) is 37.2 Å². The van der Waals surface area contributed by atoms with Crippen LogP contribution in [0.25, 0.3) is 0 Å². The molecule has 3 aromatic rings. The molecule has 0 saturated carbocycles. The van der Waals surface area contributed by atoms with Crippen LogP contribution in [0.5, 0.6) is 5.75 Å². The highest BCUT2D eigenvalue weighted by Crippen LogP contribution is 2.35. The lowest BCUT2D eigenvalue weighted by atomic mass is 10.2. The van der Waals surface area contributed by atoms with Gasteiger partial charge in [-0.05, 0) is 74.7 Å². The van der Waals surface area contributed by atoms with E-state index in [0.717, 1.165) is 5.56 Å². The van der Waals surface area contributed by atoms with Gasteiger partial charge in [-0.25, -0.2) is 0 Å². The lowest BCUT2D eigenvalue weighted by Gasteiger charge is -2.09. The minimum atomic E-state index is -0.525. The van der Waals surface area contributed by atoms with Gasteiger partial charge in [0.2, 0.25) is 0 Å². The van der Waals surface area contributed by atoms with Gasteiger partial charge in [0.1, 0.15) is 18.1 Å². The molecule has 10 heteroatoms. The fourth-order valence-corrected chi connectivity index (χ4v) is 4.05. The fourth-order valence-electron chi connectivity index (χ4n) is 2.46. The zero-order chi connectivity index (χ0) is 21.1. The summed E-state index contributed by atoms with van der Waals surface area (Å²) in [7, 11) is 0. The summed E-state index contributed by atoms with van der Waals surface area (Å²) in [6.45, 7) is 2.02. The van der Waals surface area contributed by atoms with E-state index in [-0.39, 0.29) is 18.1 Å². The molecule has 1 heterocycles. The number of amides is 1. The first-order valence-electron chi connectivity index (χ1n) is 8.17. The second-order valence-corrected chi connectivity index (χ2v) is 8.11. The van der Waals surface area contributed by atoms with E-state index in [1.807, 2.05) is 6.92 Å². The van der Waals surface area contributed by atoms with E-state index < -0.39 is 10.8 Å². The standard InChI is InChI=1S/C19H13Br2ClN2O5/c1-10-6-11(22)2-4-16(10)28-9-13-3-5-17(29-13)19(25)23-18-14(20)7-12(24(26)27)8-15(18)21/h2-8H,9H2,1H3,(H,23,25). The Hall–Kier alpha value is -2.36. The summed E-state index contributed by atoms with van der Waals surface area (Å²) in [6, 6.07) is 11.0. The summed E-state index contributed by atoms with van der Waals surface area (Å²) in [4.78, 5) is 22.9. The van der Waals surface area contributed by atoms with Crippen LogP contribution < -0.4 is 10.1 Å². The maximum Gasteiger partial charge on any atom is 0.291 e. The quantitative estimate of drug-likeness (QED) is 0.282. The van der Waals surface area contributed by atoms with Crippen LogP contribution in [0.4, 0.5) is 11.4 Å². The van der Waals surface area contributed by atoms with E-state index in [1.165, 1.54) is 18.2 Å². The van der Waals surface area contributed by atoms with Gasteiger partial charge in [0, 0.05) is 26.1 Å². The van der Waals surface area contributed by atoms with Crippen molar-refractivity contribution in [2.24, 2.45) is 0 Å². The molecular weight excluding hydrogens is 531 g/mol. The van der Waals surface area contributed by atoms with Crippen molar-refractivity contribution in [1.29, 1.82) is 0 Å². The van der Waals surface area contributed by atoms with E-state index in [9.17, 15) is 14.9 Å². The summed E-state index contributed by atoms with van der Waals surface area (Å²) in [6.07, 6.45) is 0. The normalized spacial score (nSPS) is 10.6. The smallest absolute Gasteiger partial charge is 0.291 e. The van der Waals surface area contributed by atoms with Gasteiger partial charge in [-0.3, -0.25) is 14.9 Å². The Morgan fingerprint density at radius 3 is 2.52 bits per heavy atom. The molecule has 0 saturated heterocycles. The molecule has 0 bridgehead atoms. The Morgan fingerprint density at radius 2 is 1.90 bits per heavy atom. The van der Waals surface area contributed by atoms with Crippen LogP contribution in [-0.2, 0) is 6.61 Å². The molecule has 0 aliphatic heterocycles. The molecule has 1 aromatic heterocycles. The first kappa shape index (κ1) is 21.4. The lowest BCUT2D eigenvalue weighted by Crippen LogP contribution is -2.12. The summed E-state index contributed by atoms with van der Waals surface area (Å²) in [5.41, 5.74) is 1.12. The largest absolute Gasteiger partial charge is 0.485 e. The number of rotatable bonds is 6. The van der Waals surface area contributed by atoms with Crippen molar-refractivity contribution >= 4 is 60.7 Å². The number of nitro groups is 1. The first-order chi connectivity index (χ1) is 13.7. The second-order valence-electron chi connectivity index (χ2n) is 5.96. The lowest BCUT2D eigenvalue weighted by molar-refractivity contribution is -0.385. The van der Waals surface area contributed by atoms with Crippen molar-refractivity contribution in [3.05, 3.63) is 83.6 Å². The number of ether oxygens (including phenoxy) is 1. The van der Waals surface area contributed by atoms with E-state index in [0.29, 0.717) is 31.2 Å². The van der Waals surface area contributed by atoms with Gasteiger partial charge in [-0.2, -0.15) is 0 Å². The Bertz CT molecular complexity index is 1080. The Balaban J connectivity index is 1.69. The highest BCUT2D eigenvalue weighted by atomic mass is 79.9. The van der Waals surface area contributed by atoms with Crippen molar-refractivity contribution in [2.45, 2.75) is 13.5 Å². The molecule has 150 valence electrons. The number of carbonyl (C=O) groups excluding carboxylic acids is 1. The number of furan rings is 1. The molecule has 0 unspecified atom stereocenters. The van der Waals surface area contributed by atoms with E-state index >= 15 is 0 Å². The van der Waals surface area contributed by atoms with Crippen LogP contribution in [0.3, 0.4) is 0 Å². The van der Waals surface area contributed by atoms with Crippen LogP contribution in [0.2, 0.25) is 5.02 Å². The topological polar surface area (TPSA) is 94.6 Å². The number of carbonyl (C=O) groups is 1. The molecule has 0 aliphatic carbocycles. The van der Waals surface area contributed by atoms with Crippen molar-refractivity contribution in [3.63, 3.8) is 0 Å². The number of nitrogens with zero attached hydrogens (tertiary/aromatic N) is 1. The average Bonchev–Trinajstić information content (AvgIpc) is 3.12. The predicted molar refractivity (Wildman–Crippen MR) is 116 cm³/mol. The van der Waals surface area contributed by atoms with Gasteiger partial charge in [0.25, 0.3) is 11.6 Å². The molecule has 0 atom stereocenters. The molecule has 1 N–H and O–H groups in total. The minimum absolute atomic E-state index is 0.0774. The van der Waals surface area contributed by atoms with Crippen LogP contribution in [0.15, 0.2) is 55.8 Å². The predicted octanol–water partition coefficient (Wildman–Crippen LogP) is 6.51. The first-order valence-corrected chi connectivity index (χ1v) is 10.1. The fraction of sp³-hybridized carbons (Fsp3) is 0.105. The Morgan fingerprint density at radius 1 is 1.21 bits per heavy atom. The average molecular weight is 545 g/mol. The molecule has 3 rings (SSSR count). The van der Waals surface area contributed by atoms with Gasteiger partial charge in [0.05, 0.1) is 10.6 Å². The minimum Gasteiger partial charge on any atom is -0.485 e. The number of anilines is 1. The SMILES string of the molecule is Cc1cc(Cl)ccc1OCc1ccc(C(=O)Nc2c(Br)cc([N+](=O)[O-])cc2Br)o1. The van der Waals surface area contributed by atoms with Crippen LogP contribution in [0.1, 0.15) is 21.9 Å². The molecular formula is C19H13Br2ClN2O5. The van der Waals surface area contributed by atoms with E-state index in [1.54, 1.807) is 24.3 Å². The number of hydrogen-bond acceptors (Lipinski definition) is 5. The molecule has 29 heavy (non-hydrogen) atoms. The monoisotopic (exact) mass is 542 g/mol. The maximum absolute atomic E-state index is 12.5. The summed E-state index contributed by atoms with van der Waals surface area (Å²) >= 11 is 12.4. The zero-order valence-electron chi connectivity index (χ0n) is 14.9. The van der Waals surface area contributed by atoms with Gasteiger partial charge in [0.15, 0.2) is 5.76 Å². The Labute approximate surface area is 187 Å². The van der Waals surface area contributed by atoms with E-state index in [4.69, 9.17) is 20.8 Å². The van der Waals surface area contributed by atoms with Crippen LogP contribution in [-0.4, -0.2) is 10.8 Å². The van der Waals surface area contributed by atoms with Crippen LogP contribution in [0, 0.1) is 17.0 Å². The highest BCUT2D eigenvalue weighted by molar-refractivity contribution is 9.11. The molecule has 2 aromatic carbocycles. The number of aryl methyl sites for hydroxylation is 1. The second kappa shape index (κ2) is 8.98. The van der Waals surface area contributed by atoms with Gasteiger partial charge >= 0.3 is 0 Å². The number of hydrogen-bond donors (Lipinski definition) is 1. The number of nitro benzene ring substituents is 1. The molecule has 0 radical (unpaired) electrons. The third-order valence-corrected chi connectivity index (χ3v) is 5.35. The summed E-state index contributed by atoms with van der Waals surface area (Å²) < 4.78 is 12.0. The van der Waals surface area contributed by atoms with Crippen LogP contribution >= 0.6 is 43.5 Å². The third-order valence-electron chi connectivity index (χ3n) is 3.87. The Kier molecular flexibility index (Phi) is 6.61. The van der Waals surface area contributed by atoms with Gasteiger partial charge in [-0.15, -0.1) is 0 Å². The summed E-state index contributed by atoms with van der Waals surface area (Å²) in [5, 5.41) is 14.2. The van der Waals surface area contributed by atoms with Gasteiger partial charge in [-0.1, -0.05) is 11.6 Å². The van der Waals surface area contributed by atoms with Crippen molar-refractivity contribution in [3.8, 4) is 5.75 Å². The van der Waals surface area contributed by atoms with Crippen molar-refractivity contribution < 1.29 is 18.9 Å². The molecule has 0 fully saturated rings. The number of benzene rings is 2. The molecule has 0 spiro atoms. The number of non-ortho nitro benzene ring substituents is 1. The van der Waals surface area contributed by atoms with Crippen molar-refractivity contribution in [2.75, 3.05) is 5.32 Å². The summed E-state index contributed by atoms with van der Waals surface area (Å²) in [5.74, 6) is 0.699. The third kappa shape index (κ3) is 5.17. The number of nitrogens with one attached hydrogen (secondary N) is 1.